The van der Waals surface area contributed by atoms with Crippen molar-refractivity contribution in [3.8, 4) is 0 Å². The molecule has 134 valence electrons. The number of nitrogens with two attached hydrogens (primary N) is 1. The predicted octanol–water partition coefficient (Wildman–Crippen LogP) is 0.403. The van der Waals surface area contributed by atoms with Gasteiger partial charge >= 0.3 is 11.9 Å². The molecule has 2 rings (SSSR count). The highest BCUT2D eigenvalue weighted by Crippen LogP contribution is 2.25. The van der Waals surface area contributed by atoms with Crippen LogP contribution in [-0.2, 0) is 19.5 Å². The molecule has 0 radical (unpaired) electrons. The normalized spacial score (nSPS) is 17.9. The number of hydrogen-bond donors (Lipinski definition) is 1. The van der Waals surface area contributed by atoms with Gasteiger partial charge in [0.25, 0.3) is 0 Å². The van der Waals surface area contributed by atoms with Gasteiger partial charge in [-0.25, -0.2) is 18.0 Å². The van der Waals surface area contributed by atoms with E-state index in [1.165, 1.54) is 23.5 Å². The summed E-state index contributed by atoms with van der Waals surface area (Å²) >= 11 is 0. The molecule has 1 saturated heterocycles. The number of carbonyl (C=O) groups is 2. The quantitative estimate of drug-likeness (QED) is 0.754. The lowest BCUT2D eigenvalue weighted by atomic mass is 10.1. The van der Waals surface area contributed by atoms with Crippen molar-refractivity contribution in [2.24, 2.45) is 5.73 Å². The van der Waals surface area contributed by atoms with Gasteiger partial charge in [-0.3, -0.25) is 0 Å². The number of methoxy groups -OCH3 is 2. The fourth-order valence-corrected chi connectivity index (χ4v) is 4.09. The number of halogens is 1. The molecule has 1 aliphatic heterocycles. The molecule has 0 saturated carbocycles. The van der Waals surface area contributed by atoms with Crippen molar-refractivity contribution in [1.29, 1.82) is 0 Å². The van der Waals surface area contributed by atoms with Crippen LogP contribution in [0.1, 0.15) is 27.1 Å². The molecule has 1 fully saturated rings. The van der Waals surface area contributed by atoms with Gasteiger partial charge in [-0.2, -0.15) is 4.31 Å². The lowest BCUT2D eigenvalue weighted by Gasteiger charge is -2.18. The van der Waals surface area contributed by atoms with E-state index in [9.17, 15) is 18.0 Å². The van der Waals surface area contributed by atoms with Crippen molar-refractivity contribution >= 4 is 34.4 Å². The number of nitrogens with zero attached hydrogens (tertiary/aromatic N) is 1. The third kappa shape index (κ3) is 3.86. The van der Waals surface area contributed by atoms with Gasteiger partial charge in [0, 0.05) is 19.1 Å². The Bertz CT molecular complexity index is 737. The molecule has 1 aliphatic rings. The molecule has 0 unspecified atom stereocenters. The summed E-state index contributed by atoms with van der Waals surface area (Å²) in [6.45, 7) is 0.415. The molecule has 0 bridgehead atoms. The third-order valence-corrected chi connectivity index (χ3v) is 5.52. The van der Waals surface area contributed by atoms with Crippen molar-refractivity contribution in [2.45, 2.75) is 17.4 Å². The number of rotatable bonds is 4. The van der Waals surface area contributed by atoms with Crippen molar-refractivity contribution in [3.05, 3.63) is 29.3 Å². The second-order valence-corrected chi connectivity index (χ2v) is 7.01. The minimum Gasteiger partial charge on any atom is -0.465 e. The molecule has 8 nitrogen and oxygen atoms in total. The summed E-state index contributed by atoms with van der Waals surface area (Å²) in [7, 11) is -1.64. The molecule has 0 amide bonds. The highest BCUT2D eigenvalue weighted by Gasteiger charge is 2.34. The molecule has 1 heterocycles. The molecular formula is C14H19ClN2O6S. The molecule has 1 aromatic carbocycles. The van der Waals surface area contributed by atoms with E-state index < -0.39 is 22.0 Å². The van der Waals surface area contributed by atoms with Crippen molar-refractivity contribution < 1.29 is 27.5 Å². The van der Waals surface area contributed by atoms with Crippen molar-refractivity contribution in [1.82, 2.24) is 4.31 Å². The van der Waals surface area contributed by atoms with Crippen molar-refractivity contribution in [3.63, 3.8) is 0 Å². The lowest BCUT2D eigenvalue weighted by Crippen LogP contribution is -2.33. The largest absolute Gasteiger partial charge is 0.465 e. The highest BCUT2D eigenvalue weighted by molar-refractivity contribution is 7.89. The van der Waals surface area contributed by atoms with Gasteiger partial charge in [-0.15, -0.1) is 12.4 Å². The second kappa shape index (κ2) is 7.93. The van der Waals surface area contributed by atoms with Crippen LogP contribution >= 0.6 is 12.4 Å². The van der Waals surface area contributed by atoms with Gasteiger partial charge in [0.15, 0.2) is 0 Å². The number of ether oxygens (including phenoxy) is 2. The maximum absolute atomic E-state index is 12.8. The van der Waals surface area contributed by atoms with E-state index in [1.54, 1.807) is 0 Å². The molecule has 0 aromatic heterocycles. The predicted molar refractivity (Wildman–Crippen MR) is 87.7 cm³/mol. The Morgan fingerprint density at radius 1 is 1.21 bits per heavy atom. The molecule has 10 heteroatoms. The van der Waals surface area contributed by atoms with Gasteiger partial charge in [0.1, 0.15) is 0 Å². The number of carbonyl (C=O) groups excluding carboxylic acids is 2. The Hall–Kier alpha value is -1.68. The monoisotopic (exact) mass is 378 g/mol. The first-order valence-corrected chi connectivity index (χ1v) is 8.31. The molecule has 2 N–H and O–H groups in total. The molecule has 1 aromatic rings. The van der Waals surface area contributed by atoms with E-state index in [2.05, 4.69) is 9.47 Å². The number of hydrogen-bond acceptors (Lipinski definition) is 7. The zero-order valence-electron chi connectivity index (χ0n) is 13.2. The first-order chi connectivity index (χ1) is 10.8. The van der Waals surface area contributed by atoms with E-state index in [-0.39, 0.29) is 47.6 Å². The summed E-state index contributed by atoms with van der Waals surface area (Å²) in [5.41, 5.74) is 5.64. The number of esters is 2. The molecule has 1 atom stereocenters. The Labute approximate surface area is 146 Å². The van der Waals surface area contributed by atoms with E-state index in [0.29, 0.717) is 6.42 Å². The van der Waals surface area contributed by atoms with Gasteiger partial charge in [0.2, 0.25) is 10.0 Å². The summed E-state index contributed by atoms with van der Waals surface area (Å²) < 4.78 is 36.0. The maximum atomic E-state index is 12.8. The topological polar surface area (TPSA) is 116 Å². The second-order valence-electron chi connectivity index (χ2n) is 5.11. The van der Waals surface area contributed by atoms with E-state index >= 15 is 0 Å². The van der Waals surface area contributed by atoms with Gasteiger partial charge in [-0.05, 0) is 24.6 Å². The van der Waals surface area contributed by atoms with Gasteiger partial charge < -0.3 is 15.2 Å². The van der Waals surface area contributed by atoms with E-state index in [4.69, 9.17) is 5.73 Å². The summed E-state index contributed by atoms with van der Waals surface area (Å²) in [6.07, 6.45) is 0.531. The first-order valence-electron chi connectivity index (χ1n) is 6.87. The standard InChI is InChI=1S/C14H18N2O6S.ClH/c1-21-13(17)9-3-4-11(14(18)22-2)12(7-9)23(19,20)16-6-5-10(15)8-16;/h3-4,7,10H,5-6,8,15H2,1-2H3;1H/t10-;/m1./s1. The average molecular weight is 379 g/mol. The summed E-state index contributed by atoms with van der Waals surface area (Å²) in [6, 6.07) is 3.42. The van der Waals surface area contributed by atoms with Crippen LogP contribution in [0.3, 0.4) is 0 Å². The summed E-state index contributed by atoms with van der Waals surface area (Å²) in [4.78, 5) is 23.2. The Morgan fingerprint density at radius 3 is 2.33 bits per heavy atom. The van der Waals surface area contributed by atoms with Crippen LogP contribution in [0, 0.1) is 0 Å². The Balaban J connectivity index is 0.00000288. The number of benzene rings is 1. The average Bonchev–Trinajstić information content (AvgIpc) is 3.00. The fraction of sp³-hybridized carbons (Fsp3) is 0.429. The van der Waals surface area contributed by atoms with Crippen molar-refractivity contribution in [2.75, 3.05) is 27.3 Å². The SMILES string of the molecule is COC(=O)c1ccc(C(=O)OC)c(S(=O)(=O)N2CC[C@@H](N)C2)c1.Cl. The molecule has 0 aliphatic carbocycles. The zero-order chi connectivity index (χ0) is 17.2. The number of sulfonamides is 1. The highest BCUT2D eigenvalue weighted by atomic mass is 35.5. The van der Waals surface area contributed by atoms with E-state index in [0.717, 1.165) is 13.2 Å². The Kier molecular flexibility index (Phi) is 6.73. The lowest BCUT2D eigenvalue weighted by molar-refractivity contribution is 0.0583. The Morgan fingerprint density at radius 2 is 1.83 bits per heavy atom. The first kappa shape index (κ1) is 20.4. The van der Waals surface area contributed by atoms with Crippen LogP contribution < -0.4 is 5.73 Å². The van der Waals surface area contributed by atoms with Crippen LogP contribution in [0.15, 0.2) is 23.1 Å². The molecule has 0 spiro atoms. The van der Waals surface area contributed by atoms with Gasteiger partial charge in [-0.1, -0.05) is 0 Å². The van der Waals surface area contributed by atoms with E-state index in [1.807, 2.05) is 0 Å². The summed E-state index contributed by atoms with van der Waals surface area (Å²) in [5.74, 6) is -1.50. The van der Waals surface area contributed by atoms with Crippen LogP contribution in [0.4, 0.5) is 0 Å². The van der Waals surface area contributed by atoms with Crippen LogP contribution in [0.5, 0.6) is 0 Å². The van der Waals surface area contributed by atoms with Gasteiger partial charge in [0.05, 0.1) is 30.2 Å². The summed E-state index contributed by atoms with van der Waals surface area (Å²) in [5, 5.41) is 0. The van der Waals surface area contributed by atoms with Crippen LogP contribution in [-0.4, -0.2) is 58.0 Å². The zero-order valence-corrected chi connectivity index (χ0v) is 14.9. The smallest absolute Gasteiger partial charge is 0.339 e. The van der Waals surface area contributed by atoms with Crippen LogP contribution in [0.25, 0.3) is 0 Å². The minimum absolute atomic E-state index is 0. The fourth-order valence-electron chi connectivity index (χ4n) is 2.37. The minimum atomic E-state index is -3.98. The van der Waals surface area contributed by atoms with Crippen LogP contribution in [0.2, 0.25) is 0 Å². The third-order valence-electron chi connectivity index (χ3n) is 3.61. The molecular weight excluding hydrogens is 360 g/mol. The maximum Gasteiger partial charge on any atom is 0.339 e. The molecule has 24 heavy (non-hydrogen) atoms.